The summed E-state index contributed by atoms with van der Waals surface area (Å²) in [5.74, 6) is -1.61. The van der Waals surface area contributed by atoms with Crippen LogP contribution in [0.15, 0.2) is 24.3 Å². The topological polar surface area (TPSA) is 86.6 Å². The van der Waals surface area contributed by atoms with Crippen molar-refractivity contribution in [2.75, 3.05) is 6.61 Å². The normalized spacial score (nSPS) is 11.9. The van der Waals surface area contributed by atoms with Crippen molar-refractivity contribution in [1.82, 2.24) is 5.32 Å². The number of aliphatic hydroxyl groups excluding tert-OH is 1. The van der Waals surface area contributed by atoms with Crippen LogP contribution in [0.3, 0.4) is 0 Å². The Morgan fingerprint density at radius 1 is 1.29 bits per heavy atom. The molecule has 17 heavy (non-hydrogen) atoms. The number of amides is 1. The van der Waals surface area contributed by atoms with Gasteiger partial charge in [-0.3, -0.25) is 4.79 Å². The Labute approximate surface area is 99.1 Å². The molecule has 0 aliphatic carbocycles. The third-order valence-corrected chi connectivity index (χ3v) is 2.33. The highest BCUT2D eigenvalue weighted by Crippen LogP contribution is 2.04. The summed E-state index contributed by atoms with van der Waals surface area (Å²) in [4.78, 5) is 22.5. The summed E-state index contributed by atoms with van der Waals surface area (Å²) in [5.41, 5.74) is 1.42. The Morgan fingerprint density at radius 3 is 2.35 bits per heavy atom. The fourth-order valence-corrected chi connectivity index (χ4v) is 1.33. The number of carboxylic acid groups (broad SMARTS) is 1. The summed E-state index contributed by atoms with van der Waals surface area (Å²) in [7, 11) is 0. The Balaban J connectivity index is 2.70. The number of hydrogen-bond acceptors (Lipinski definition) is 3. The lowest BCUT2D eigenvalue weighted by atomic mass is 10.1. The molecule has 0 fully saturated rings. The lowest BCUT2D eigenvalue weighted by molar-refractivity contribution is -0.139. The molecule has 0 spiro atoms. The molecule has 92 valence electrons. The molecule has 0 radical (unpaired) electrons. The molecule has 0 saturated carbocycles. The molecule has 5 nitrogen and oxygen atoms in total. The van der Waals surface area contributed by atoms with E-state index in [1.54, 1.807) is 24.3 Å². The van der Waals surface area contributed by atoms with Gasteiger partial charge in [-0.1, -0.05) is 17.7 Å². The molecule has 0 saturated heterocycles. The van der Waals surface area contributed by atoms with Crippen LogP contribution in [0.2, 0.25) is 0 Å². The summed E-state index contributed by atoms with van der Waals surface area (Å²) < 4.78 is 0. The molecular formula is C12H15NO4. The summed E-state index contributed by atoms with van der Waals surface area (Å²) >= 11 is 0. The van der Waals surface area contributed by atoms with Gasteiger partial charge in [0.05, 0.1) is 0 Å². The number of aliphatic carboxylic acids is 1. The molecule has 0 aromatic heterocycles. The lowest BCUT2D eigenvalue weighted by Gasteiger charge is -2.13. The van der Waals surface area contributed by atoms with Crippen molar-refractivity contribution in [3.05, 3.63) is 35.4 Å². The number of aryl methyl sites for hydroxylation is 1. The van der Waals surface area contributed by atoms with Gasteiger partial charge < -0.3 is 15.5 Å². The summed E-state index contributed by atoms with van der Waals surface area (Å²) in [6.45, 7) is 1.61. The van der Waals surface area contributed by atoms with Crippen LogP contribution in [0.5, 0.6) is 0 Å². The molecule has 0 bridgehead atoms. The van der Waals surface area contributed by atoms with Gasteiger partial charge in [0.25, 0.3) is 5.91 Å². The number of hydrogen-bond donors (Lipinski definition) is 3. The van der Waals surface area contributed by atoms with Crippen LogP contribution in [-0.4, -0.2) is 34.7 Å². The SMILES string of the molecule is Cc1ccc(C(=O)NC(CCO)C(=O)O)cc1. The van der Waals surface area contributed by atoms with Crippen molar-refractivity contribution in [2.24, 2.45) is 0 Å². The van der Waals surface area contributed by atoms with E-state index in [2.05, 4.69) is 5.32 Å². The summed E-state index contributed by atoms with van der Waals surface area (Å²) in [6.07, 6.45) is -0.00701. The predicted octanol–water partition coefficient (Wildman–Crippen LogP) is 0.560. The number of benzene rings is 1. The highest BCUT2D eigenvalue weighted by molar-refractivity contribution is 5.96. The van der Waals surface area contributed by atoms with Gasteiger partial charge in [0.2, 0.25) is 0 Å². The van der Waals surface area contributed by atoms with Crippen LogP contribution in [0.1, 0.15) is 22.3 Å². The molecule has 0 aliphatic rings. The van der Waals surface area contributed by atoms with E-state index in [1.165, 1.54) is 0 Å². The largest absolute Gasteiger partial charge is 0.480 e. The molecule has 1 aromatic carbocycles. The van der Waals surface area contributed by atoms with Crippen molar-refractivity contribution in [3.8, 4) is 0 Å². The molecular weight excluding hydrogens is 222 g/mol. The van der Waals surface area contributed by atoms with E-state index >= 15 is 0 Å². The zero-order valence-corrected chi connectivity index (χ0v) is 9.51. The second-order valence-electron chi connectivity index (χ2n) is 3.74. The van der Waals surface area contributed by atoms with Gasteiger partial charge in [-0.05, 0) is 19.1 Å². The molecule has 3 N–H and O–H groups in total. The second kappa shape index (κ2) is 6.00. The van der Waals surface area contributed by atoms with E-state index in [4.69, 9.17) is 10.2 Å². The number of carbonyl (C=O) groups excluding carboxylic acids is 1. The fraction of sp³-hybridized carbons (Fsp3) is 0.333. The van der Waals surface area contributed by atoms with Crippen molar-refractivity contribution in [2.45, 2.75) is 19.4 Å². The quantitative estimate of drug-likeness (QED) is 0.698. The molecule has 1 rings (SSSR count). The monoisotopic (exact) mass is 237 g/mol. The maximum atomic E-state index is 11.7. The van der Waals surface area contributed by atoms with E-state index in [-0.39, 0.29) is 13.0 Å². The van der Waals surface area contributed by atoms with Crippen LogP contribution in [-0.2, 0) is 4.79 Å². The second-order valence-corrected chi connectivity index (χ2v) is 3.74. The minimum absolute atomic E-state index is 0.00701. The number of carbonyl (C=O) groups is 2. The van der Waals surface area contributed by atoms with Crippen molar-refractivity contribution in [3.63, 3.8) is 0 Å². The van der Waals surface area contributed by atoms with E-state index in [1.807, 2.05) is 6.92 Å². The number of nitrogens with one attached hydrogen (secondary N) is 1. The molecule has 1 atom stereocenters. The van der Waals surface area contributed by atoms with Crippen molar-refractivity contribution < 1.29 is 19.8 Å². The highest BCUT2D eigenvalue weighted by atomic mass is 16.4. The van der Waals surface area contributed by atoms with Crippen LogP contribution < -0.4 is 5.32 Å². The number of aliphatic hydroxyl groups is 1. The Bertz CT molecular complexity index is 399. The summed E-state index contributed by atoms with van der Waals surface area (Å²) in [5, 5.41) is 19.9. The number of rotatable bonds is 5. The van der Waals surface area contributed by atoms with Crippen LogP contribution in [0.25, 0.3) is 0 Å². The van der Waals surface area contributed by atoms with Crippen LogP contribution >= 0.6 is 0 Å². The summed E-state index contributed by atoms with van der Waals surface area (Å²) in [6, 6.07) is 5.74. The van der Waals surface area contributed by atoms with Gasteiger partial charge in [-0.25, -0.2) is 4.79 Å². The average Bonchev–Trinajstić information content (AvgIpc) is 2.29. The van der Waals surface area contributed by atoms with E-state index in [0.29, 0.717) is 5.56 Å². The van der Waals surface area contributed by atoms with Gasteiger partial charge in [-0.2, -0.15) is 0 Å². The standard InChI is InChI=1S/C12H15NO4/c1-8-2-4-9(5-3-8)11(15)13-10(6-7-14)12(16)17/h2-5,10,14H,6-7H2,1H3,(H,13,15)(H,16,17). The fourth-order valence-electron chi connectivity index (χ4n) is 1.33. The molecule has 1 amide bonds. The first-order valence-corrected chi connectivity index (χ1v) is 5.26. The zero-order chi connectivity index (χ0) is 12.8. The van der Waals surface area contributed by atoms with Gasteiger partial charge in [-0.15, -0.1) is 0 Å². The minimum Gasteiger partial charge on any atom is -0.480 e. The maximum absolute atomic E-state index is 11.7. The van der Waals surface area contributed by atoms with Gasteiger partial charge in [0, 0.05) is 18.6 Å². The third kappa shape index (κ3) is 3.88. The smallest absolute Gasteiger partial charge is 0.326 e. The molecule has 1 unspecified atom stereocenters. The minimum atomic E-state index is -1.15. The Kier molecular flexibility index (Phi) is 4.66. The van der Waals surface area contributed by atoms with E-state index < -0.39 is 17.9 Å². The molecule has 1 aromatic rings. The highest BCUT2D eigenvalue weighted by Gasteiger charge is 2.19. The van der Waals surface area contributed by atoms with Crippen LogP contribution in [0.4, 0.5) is 0 Å². The van der Waals surface area contributed by atoms with Crippen molar-refractivity contribution in [1.29, 1.82) is 0 Å². The van der Waals surface area contributed by atoms with Crippen molar-refractivity contribution >= 4 is 11.9 Å². The predicted molar refractivity (Wildman–Crippen MR) is 61.8 cm³/mol. The first-order chi connectivity index (χ1) is 8.04. The lowest BCUT2D eigenvalue weighted by Crippen LogP contribution is -2.41. The molecule has 0 heterocycles. The first-order valence-electron chi connectivity index (χ1n) is 5.26. The van der Waals surface area contributed by atoms with Gasteiger partial charge >= 0.3 is 5.97 Å². The molecule has 5 heteroatoms. The van der Waals surface area contributed by atoms with E-state index in [0.717, 1.165) is 5.56 Å². The number of carboxylic acids is 1. The first kappa shape index (κ1) is 13.2. The zero-order valence-electron chi connectivity index (χ0n) is 9.51. The van der Waals surface area contributed by atoms with Gasteiger partial charge in [0.15, 0.2) is 0 Å². The Morgan fingerprint density at radius 2 is 1.88 bits per heavy atom. The van der Waals surface area contributed by atoms with E-state index in [9.17, 15) is 9.59 Å². The van der Waals surface area contributed by atoms with Gasteiger partial charge in [0.1, 0.15) is 6.04 Å². The third-order valence-electron chi connectivity index (χ3n) is 2.33. The average molecular weight is 237 g/mol. The maximum Gasteiger partial charge on any atom is 0.326 e. The van der Waals surface area contributed by atoms with Crippen LogP contribution in [0, 0.1) is 6.92 Å². The molecule has 0 aliphatic heterocycles. The Hall–Kier alpha value is -1.88.